The van der Waals surface area contributed by atoms with Gasteiger partial charge in [0.25, 0.3) is 5.91 Å². The number of phenols is 1. The number of hydrogen-bond donors (Lipinski definition) is 2. The molecule has 2 aromatic heterocycles. The Balaban J connectivity index is 1.87. The summed E-state index contributed by atoms with van der Waals surface area (Å²) in [6.07, 6.45) is 1.64. The van der Waals surface area contributed by atoms with Crippen LogP contribution in [0.15, 0.2) is 41.1 Å². The average molecular weight is 368 g/mol. The minimum Gasteiger partial charge on any atom is -0.505 e. The lowest BCUT2D eigenvalue weighted by atomic mass is 9.94. The number of carbonyl (C=O) groups excluding carboxylic acids is 1. The van der Waals surface area contributed by atoms with Gasteiger partial charge in [0.2, 0.25) is 0 Å². The second kappa shape index (κ2) is 7.75. The molecule has 1 aromatic carbocycles. The second-order valence-electron chi connectivity index (χ2n) is 7.19. The number of rotatable bonds is 6. The highest BCUT2D eigenvalue weighted by molar-refractivity contribution is 5.93. The van der Waals surface area contributed by atoms with Gasteiger partial charge in [-0.05, 0) is 26.1 Å². The zero-order valence-electron chi connectivity index (χ0n) is 15.9. The van der Waals surface area contributed by atoms with E-state index in [2.05, 4.69) is 15.5 Å². The molecule has 7 heteroatoms. The first-order chi connectivity index (χ1) is 12.9. The molecule has 0 spiro atoms. The Morgan fingerprint density at radius 1 is 1.30 bits per heavy atom. The molecule has 3 aromatic rings. The molecule has 2 heterocycles. The number of benzene rings is 1. The number of nitrogens with zero attached hydrogens (tertiary/aromatic N) is 3. The summed E-state index contributed by atoms with van der Waals surface area (Å²) < 4.78 is 5.21. The van der Waals surface area contributed by atoms with Crippen LogP contribution in [0.3, 0.4) is 0 Å². The average Bonchev–Trinajstić information content (AvgIpc) is 3.08. The zero-order valence-corrected chi connectivity index (χ0v) is 15.9. The Labute approximate surface area is 158 Å². The van der Waals surface area contributed by atoms with Crippen molar-refractivity contribution in [1.29, 1.82) is 0 Å². The number of fused-ring (bicyclic) bond motifs is 1. The molecule has 0 fully saturated rings. The highest BCUT2D eigenvalue weighted by Crippen LogP contribution is 2.34. The van der Waals surface area contributed by atoms with Crippen LogP contribution in [0, 0.1) is 5.92 Å². The van der Waals surface area contributed by atoms with Crippen LogP contribution >= 0.6 is 0 Å². The van der Waals surface area contributed by atoms with E-state index in [0.717, 1.165) is 5.39 Å². The SMILES string of the molecule is CC(C)C(NC(=O)c1cc(CN(C)C)on1)c1ccc2cccnc2c1O. The third-order valence-electron chi connectivity index (χ3n) is 4.33. The van der Waals surface area contributed by atoms with Crippen molar-refractivity contribution >= 4 is 16.8 Å². The van der Waals surface area contributed by atoms with Crippen LogP contribution in [0.4, 0.5) is 0 Å². The zero-order chi connectivity index (χ0) is 19.6. The highest BCUT2D eigenvalue weighted by atomic mass is 16.5. The van der Waals surface area contributed by atoms with Gasteiger partial charge in [0.1, 0.15) is 11.3 Å². The summed E-state index contributed by atoms with van der Waals surface area (Å²) in [6.45, 7) is 4.52. The van der Waals surface area contributed by atoms with Gasteiger partial charge in [-0.3, -0.25) is 9.78 Å². The summed E-state index contributed by atoms with van der Waals surface area (Å²) >= 11 is 0. The standard InChI is InChI=1S/C20H24N4O3/c1-12(2)17(15-8-7-13-6-5-9-21-18(13)19(15)25)22-20(26)16-10-14(27-23-16)11-24(3)4/h5-10,12,17,25H,11H2,1-4H3,(H,22,26). The van der Waals surface area contributed by atoms with E-state index in [1.54, 1.807) is 12.3 Å². The smallest absolute Gasteiger partial charge is 0.273 e. The van der Waals surface area contributed by atoms with E-state index in [1.165, 1.54) is 0 Å². The van der Waals surface area contributed by atoms with Crippen LogP contribution in [0.5, 0.6) is 5.75 Å². The number of amides is 1. The van der Waals surface area contributed by atoms with E-state index in [1.807, 2.05) is 57.1 Å². The first-order valence-corrected chi connectivity index (χ1v) is 8.84. The second-order valence-corrected chi connectivity index (χ2v) is 7.19. The molecule has 2 N–H and O–H groups in total. The lowest BCUT2D eigenvalue weighted by Crippen LogP contribution is -2.32. The minimum atomic E-state index is -0.391. The van der Waals surface area contributed by atoms with Gasteiger partial charge in [-0.15, -0.1) is 0 Å². The summed E-state index contributed by atoms with van der Waals surface area (Å²) in [5, 5.41) is 18.4. The number of phenolic OH excluding ortho intramolecular Hbond substituents is 1. The van der Waals surface area contributed by atoms with E-state index in [0.29, 0.717) is 23.4 Å². The van der Waals surface area contributed by atoms with E-state index >= 15 is 0 Å². The molecular weight excluding hydrogens is 344 g/mol. The molecule has 0 bridgehead atoms. The van der Waals surface area contributed by atoms with Gasteiger partial charge in [-0.1, -0.05) is 37.2 Å². The first-order valence-electron chi connectivity index (χ1n) is 8.84. The maximum Gasteiger partial charge on any atom is 0.273 e. The van der Waals surface area contributed by atoms with E-state index < -0.39 is 6.04 Å². The molecule has 142 valence electrons. The fourth-order valence-electron chi connectivity index (χ4n) is 3.02. The van der Waals surface area contributed by atoms with Gasteiger partial charge in [-0.25, -0.2) is 0 Å². The van der Waals surface area contributed by atoms with Crippen molar-refractivity contribution in [3.63, 3.8) is 0 Å². The quantitative estimate of drug-likeness (QED) is 0.695. The van der Waals surface area contributed by atoms with Crippen LogP contribution < -0.4 is 5.32 Å². The molecule has 1 amide bonds. The van der Waals surface area contributed by atoms with Crippen LogP contribution in [0.25, 0.3) is 10.9 Å². The van der Waals surface area contributed by atoms with Gasteiger partial charge in [-0.2, -0.15) is 0 Å². The Hall–Kier alpha value is -2.93. The Morgan fingerprint density at radius 3 is 2.78 bits per heavy atom. The monoisotopic (exact) mass is 368 g/mol. The van der Waals surface area contributed by atoms with Crippen molar-refractivity contribution in [2.24, 2.45) is 5.92 Å². The fourth-order valence-corrected chi connectivity index (χ4v) is 3.02. The fraction of sp³-hybridized carbons (Fsp3) is 0.350. The summed E-state index contributed by atoms with van der Waals surface area (Å²) in [5.74, 6) is 0.404. The molecule has 0 saturated heterocycles. The molecule has 1 unspecified atom stereocenters. The van der Waals surface area contributed by atoms with Gasteiger partial charge < -0.3 is 19.8 Å². The van der Waals surface area contributed by atoms with Crippen molar-refractivity contribution in [2.45, 2.75) is 26.4 Å². The van der Waals surface area contributed by atoms with Gasteiger partial charge in [0.15, 0.2) is 11.5 Å². The molecule has 27 heavy (non-hydrogen) atoms. The Kier molecular flexibility index (Phi) is 5.41. The maximum absolute atomic E-state index is 12.7. The number of hydrogen-bond acceptors (Lipinski definition) is 6. The van der Waals surface area contributed by atoms with Crippen molar-refractivity contribution in [1.82, 2.24) is 20.4 Å². The third-order valence-corrected chi connectivity index (χ3v) is 4.33. The van der Waals surface area contributed by atoms with Crippen LogP contribution in [0.1, 0.15) is 41.7 Å². The Morgan fingerprint density at radius 2 is 2.07 bits per heavy atom. The first kappa shape index (κ1) is 18.8. The van der Waals surface area contributed by atoms with E-state index in [4.69, 9.17) is 4.52 Å². The predicted octanol–water partition coefficient (Wildman–Crippen LogP) is 3.12. The van der Waals surface area contributed by atoms with Crippen molar-refractivity contribution in [3.05, 3.63) is 53.5 Å². The van der Waals surface area contributed by atoms with Crippen LogP contribution in [-0.2, 0) is 6.54 Å². The van der Waals surface area contributed by atoms with E-state index in [-0.39, 0.29) is 23.3 Å². The molecule has 0 saturated carbocycles. The minimum absolute atomic E-state index is 0.0501. The number of carbonyl (C=O) groups is 1. The maximum atomic E-state index is 12.7. The van der Waals surface area contributed by atoms with Gasteiger partial charge >= 0.3 is 0 Å². The summed E-state index contributed by atoms with van der Waals surface area (Å²) in [7, 11) is 3.82. The topological polar surface area (TPSA) is 91.5 Å². The van der Waals surface area contributed by atoms with Crippen LogP contribution in [0.2, 0.25) is 0 Å². The molecule has 0 radical (unpaired) electrons. The summed E-state index contributed by atoms with van der Waals surface area (Å²) in [6, 6.07) is 8.66. The normalized spacial score (nSPS) is 12.7. The molecule has 0 aliphatic heterocycles. The summed E-state index contributed by atoms with van der Waals surface area (Å²) in [4.78, 5) is 18.8. The van der Waals surface area contributed by atoms with Gasteiger partial charge in [0, 0.05) is 23.2 Å². The molecular formula is C20H24N4O3. The van der Waals surface area contributed by atoms with E-state index in [9.17, 15) is 9.90 Å². The number of aromatic nitrogens is 2. The molecule has 1 atom stereocenters. The van der Waals surface area contributed by atoms with Crippen LogP contribution in [-0.4, -0.2) is 40.1 Å². The Bertz CT molecular complexity index is 949. The molecule has 3 rings (SSSR count). The molecule has 0 aliphatic rings. The van der Waals surface area contributed by atoms with Crippen molar-refractivity contribution < 1.29 is 14.4 Å². The largest absolute Gasteiger partial charge is 0.505 e. The number of aromatic hydroxyl groups is 1. The van der Waals surface area contributed by atoms with Gasteiger partial charge in [0.05, 0.1) is 12.6 Å². The molecule has 7 nitrogen and oxygen atoms in total. The lowest BCUT2D eigenvalue weighted by molar-refractivity contribution is 0.0915. The highest BCUT2D eigenvalue weighted by Gasteiger charge is 2.24. The van der Waals surface area contributed by atoms with Crippen molar-refractivity contribution in [2.75, 3.05) is 14.1 Å². The summed E-state index contributed by atoms with van der Waals surface area (Å²) in [5.41, 5.74) is 1.36. The van der Waals surface area contributed by atoms with Crippen molar-refractivity contribution in [3.8, 4) is 5.75 Å². The lowest BCUT2D eigenvalue weighted by Gasteiger charge is -2.23. The number of nitrogens with one attached hydrogen (secondary N) is 1. The number of pyridine rings is 1. The molecule has 0 aliphatic carbocycles. The third kappa shape index (κ3) is 4.09. The predicted molar refractivity (Wildman–Crippen MR) is 102 cm³/mol.